The van der Waals surface area contributed by atoms with Gasteiger partial charge in [0.15, 0.2) is 11.6 Å². The number of carbonyl (C=O) groups excluding carboxylic acids is 2. The number of carbonyl (C=O) groups is 2. The summed E-state index contributed by atoms with van der Waals surface area (Å²) in [6, 6.07) is 8.11. The molecule has 0 heterocycles. The van der Waals surface area contributed by atoms with E-state index < -0.39 is 5.82 Å². The first-order chi connectivity index (χ1) is 8.58. The van der Waals surface area contributed by atoms with Crippen LogP contribution in [0.3, 0.4) is 0 Å². The smallest absolute Gasteiger partial charge is 0.194 e. The highest BCUT2D eigenvalue weighted by Gasteiger charge is 2.29. The van der Waals surface area contributed by atoms with Crippen molar-refractivity contribution in [3.8, 4) is 0 Å². The number of hydrogen-bond acceptors (Lipinski definition) is 3. The van der Waals surface area contributed by atoms with E-state index in [0.29, 0.717) is 5.69 Å². The van der Waals surface area contributed by atoms with Crippen LogP contribution >= 0.6 is 0 Å². The van der Waals surface area contributed by atoms with Crippen molar-refractivity contribution in [3.05, 3.63) is 64.5 Å². The van der Waals surface area contributed by atoms with Crippen LogP contribution in [0, 0.1) is 5.82 Å². The van der Waals surface area contributed by atoms with Gasteiger partial charge in [-0.05, 0) is 36.4 Å². The molecular weight excluding hydrogens is 233 g/mol. The molecule has 0 radical (unpaired) electrons. The third-order valence-corrected chi connectivity index (χ3v) is 3.00. The fourth-order valence-corrected chi connectivity index (χ4v) is 2.14. The summed E-state index contributed by atoms with van der Waals surface area (Å²) in [4.78, 5) is 24.3. The highest BCUT2D eigenvalue weighted by atomic mass is 19.1. The van der Waals surface area contributed by atoms with Crippen molar-refractivity contribution in [2.24, 2.45) is 0 Å². The molecule has 0 fully saturated rings. The van der Waals surface area contributed by atoms with Crippen LogP contribution < -0.4 is 5.73 Å². The second-order valence-corrected chi connectivity index (χ2v) is 4.15. The minimum atomic E-state index is -0.534. The van der Waals surface area contributed by atoms with Crippen LogP contribution in [-0.4, -0.2) is 11.6 Å². The Morgan fingerprint density at radius 3 is 2.00 bits per heavy atom. The molecule has 0 unspecified atom stereocenters. The second kappa shape index (κ2) is 3.50. The summed E-state index contributed by atoms with van der Waals surface area (Å²) in [5, 5.41) is 0. The Morgan fingerprint density at radius 1 is 0.778 bits per heavy atom. The summed E-state index contributed by atoms with van der Waals surface area (Å²) < 4.78 is 13.2. The summed E-state index contributed by atoms with van der Waals surface area (Å²) in [5.74, 6) is -1.18. The highest BCUT2D eigenvalue weighted by Crippen LogP contribution is 2.28. The zero-order valence-corrected chi connectivity index (χ0v) is 9.24. The first-order valence-electron chi connectivity index (χ1n) is 5.36. The van der Waals surface area contributed by atoms with E-state index in [9.17, 15) is 14.0 Å². The molecule has 0 aromatic heterocycles. The van der Waals surface area contributed by atoms with Gasteiger partial charge in [0.05, 0.1) is 0 Å². The number of halogens is 1. The molecule has 3 nitrogen and oxygen atoms in total. The summed E-state index contributed by atoms with van der Waals surface area (Å²) in [7, 11) is 0. The van der Waals surface area contributed by atoms with Gasteiger partial charge in [-0.1, -0.05) is 0 Å². The number of fused-ring (bicyclic) bond motifs is 2. The minimum absolute atomic E-state index is 0.109. The van der Waals surface area contributed by atoms with Crippen LogP contribution in [0.2, 0.25) is 0 Å². The van der Waals surface area contributed by atoms with Crippen molar-refractivity contribution in [1.82, 2.24) is 0 Å². The standard InChI is InChI=1S/C14H8FNO2/c15-7-1-3-9-11(5-7)13(17)10-4-2-8(16)6-12(10)14(9)18/h1-6H,16H2. The summed E-state index contributed by atoms with van der Waals surface area (Å²) >= 11 is 0. The number of hydrogen-bond donors (Lipinski definition) is 1. The minimum Gasteiger partial charge on any atom is -0.399 e. The van der Waals surface area contributed by atoms with E-state index >= 15 is 0 Å². The Bertz CT molecular complexity index is 645. The third kappa shape index (κ3) is 1.35. The topological polar surface area (TPSA) is 60.2 Å². The Hall–Kier alpha value is -2.49. The van der Waals surface area contributed by atoms with Crippen LogP contribution in [0.4, 0.5) is 10.1 Å². The zero-order valence-electron chi connectivity index (χ0n) is 9.24. The average Bonchev–Trinajstić information content (AvgIpc) is 2.36. The number of ketones is 2. The monoisotopic (exact) mass is 241 g/mol. The molecule has 88 valence electrons. The molecule has 0 bridgehead atoms. The third-order valence-electron chi connectivity index (χ3n) is 3.00. The van der Waals surface area contributed by atoms with E-state index in [4.69, 9.17) is 5.73 Å². The lowest BCUT2D eigenvalue weighted by molar-refractivity contribution is 0.0979. The van der Waals surface area contributed by atoms with Crippen LogP contribution in [0.15, 0.2) is 36.4 Å². The van der Waals surface area contributed by atoms with Crippen molar-refractivity contribution < 1.29 is 14.0 Å². The van der Waals surface area contributed by atoms with Gasteiger partial charge < -0.3 is 5.73 Å². The van der Waals surface area contributed by atoms with Crippen LogP contribution in [0.25, 0.3) is 0 Å². The fraction of sp³-hybridized carbons (Fsp3) is 0. The zero-order chi connectivity index (χ0) is 12.9. The van der Waals surface area contributed by atoms with Crippen LogP contribution in [-0.2, 0) is 0 Å². The van der Waals surface area contributed by atoms with Gasteiger partial charge in [-0.25, -0.2) is 4.39 Å². The van der Waals surface area contributed by atoms with Gasteiger partial charge in [0.1, 0.15) is 5.82 Å². The van der Waals surface area contributed by atoms with Gasteiger partial charge in [-0.3, -0.25) is 9.59 Å². The molecule has 1 aliphatic carbocycles. The molecule has 1 aliphatic rings. The fourth-order valence-electron chi connectivity index (χ4n) is 2.14. The molecular formula is C14H8FNO2. The molecule has 3 rings (SSSR count). The Morgan fingerprint density at radius 2 is 1.33 bits per heavy atom. The summed E-state index contributed by atoms with van der Waals surface area (Å²) in [6.07, 6.45) is 0. The predicted molar refractivity (Wildman–Crippen MR) is 64.1 cm³/mol. The SMILES string of the molecule is Nc1ccc2c(c1)C(=O)c1ccc(F)cc1C2=O. The van der Waals surface area contributed by atoms with Crippen molar-refractivity contribution in [2.75, 3.05) is 5.73 Å². The molecule has 4 heteroatoms. The van der Waals surface area contributed by atoms with E-state index in [0.717, 1.165) is 6.07 Å². The van der Waals surface area contributed by atoms with Gasteiger partial charge in [-0.15, -0.1) is 0 Å². The van der Waals surface area contributed by atoms with E-state index in [2.05, 4.69) is 0 Å². The van der Waals surface area contributed by atoms with Crippen molar-refractivity contribution >= 4 is 17.3 Å². The number of benzene rings is 2. The van der Waals surface area contributed by atoms with E-state index in [1.807, 2.05) is 0 Å². The number of anilines is 1. The first kappa shape index (κ1) is 10.7. The Labute approximate surface area is 102 Å². The van der Waals surface area contributed by atoms with Gasteiger partial charge in [0.2, 0.25) is 0 Å². The average molecular weight is 241 g/mol. The Balaban J connectivity index is 2.31. The van der Waals surface area contributed by atoms with E-state index in [-0.39, 0.29) is 33.8 Å². The Kier molecular flexibility index (Phi) is 2.07. The maximum absolute atomic E-state index is 13.2. The molecule has 2 aromatic rings. The molecule has 0 saturated heterocycles. The van der Waals surface area contributed by atoms with Crippen molar-refractivity contribution in [3.63, 3.8) is 0 Å². The number of rotatable bonds is 0. The summed E-state index contributed by atoms with van der Waals surface area (Å²) in [6.45, 7) is 0. The first-order valence-corrected chi connectivity index (χ1v) is 5.36. The van der Waals surface area contributed by atoms with Crippen LogP contribution in [0.1, 0.15) is 31.8 Å². The molecule has 0 aliphatic heterocycles. The highest BCUT2D eigenvalue weighted by molar-refractivity contribution is 6.28. The van der Waals surface area contributed by atoms with E-state index in [1.54, 1.807) is 6.07 Å². The molecule has 0 atom stereocenters. The number of nitrogen functional groups attached to an aromatic ring is 1. The van der Waals surface area contributed by atoms with Crippen molar-refractivity contribution in [1.29, 1.82) is 0 Å². The molecule has 0 saturated carbocycles. The van der Waals surface area contributed by atoms with Crippen molar-refractivity contribution in [2.45, 2.75) is 0 Å². The lowest BCUT2D eigenvalue weighted by atomic mass is 9.84. The normalized spacial score (nSPS) is 13.2. The molecule has 18 heavy (non-hydrogen) atoms. The maximum atomic E-state index is 13.2. The molecule has 2 N–H and O–H groups in total. The lowest BCUT2D eigenvalue weighted by Crippen LogP contribution is -2.21. The second-order valence-electron chi connectivity index (χ2n) is 4.15. The molecule has 0 spiro atoms. The van der Waals surface area contributed by atoms with Crippen LogP contribution in [0.5, 0.6) is 0 Å². The quantitative estimate of drug-likeness (QED) is 0.614. The van der Waals surface area contributed by atoms with Gasteiger partial charge in [0.25, 0.3) is 0 Å². The maximum Gasteiger partial charge on any atom is 0.194 e. The predicted octanol–water partition coefficient (Wildman–Crippen LogP) is 2.18. The summed E-state index contributed by atoms with van der Waals surface area (Å²) in [5.41, 5.74) is 6.91. The molecule has 0 amide bonds. The van der Waals surface area contributed by atoms with Gasteiger partial charge >= 0.3 is 0 Å². The van der Waals surface area contributed by atoms with Gasteiger partial charge in [-0.2, -0.15) is 0 Å². The number of nitrogens with two attached hydrogens (primary N) is 1. The van der Waals surface area contributed by atoms with E-state index in [1.165, 1.54) is 24.3 Å². The lowest BCUT2D eigenvalue weighted by Gasteiger charge is -2.17. The molecule has 2 aromatic carbocycles. The van der Waals surface area contributed by atoms with Gasteiger partial charge in [0, 0.05) is 27.9 Å². The largest absolute Gasteiger partial charge is 0.399 e.